The molecule has 1 N–H and O–H groups in total. The smallest absolute Gasteiger partial charge is 0.407 e. The molecule has 2 heterocycles. The third kappa shape index (κ3) is 3.41. The fourth-order valence-corrected chi connectivity index (χ4v) is 4.31. The number of alkyl carbamates (subject to hydrolysis) is 1. The largest absolute Gasteiger partial charge is 0.450 e. The Morgan fingerprint density at radius 3 is 2.55 bits per heavy atom. The average molecular weight is 331 g/mol. The van der Waals surface area contributed by atoms with Crippen molar-refractivity contribution in [3.8, 4) is 0 Å². The molecule has 0 atom stereocenters. The number of ether oxygens (including phenoxy) is 1. The van der Waals surface area contributed by atoms with Crippen molar-refractivity contribution in [2.24, 2.45) is 0 Å². The van der Waals surface area contributed by atoms with E-state index in [2.05, 4.69) is 10.5 Å². The van der Waals surface area contributed by atoms with Crippen LogP contribution < -0.4 is 5.32 Å². The lowest BCUT2D eigenvalue weighted by Gasteiger charge is -2.31. The maximum atomic E-state index is 12.6. The van der Waals surface area contributed by atoms with E-state index in [0.717, 1.165) is 0 Å². The highest BCUT2D eigenvalue weighted by molar-refractivity contribution is 7.89. The van der Waals surface area contributed by atoms with Gasteiger partial charge in [-0.3, -0.25) is 0 Å². The van der Waals surface area contributed by atoms with Gasteiger partial charge >= 0.3 is 6.09 Å². The average Bonchev–Trinajstić information content (AvgIpc) is 2.79. The minimum Gasteiger partial charge on any atom is -0.450 e. The third-order valence-corrected chi connectivity index (χ3v) is 5.76. The van der Waals surface area contributed by atoms with Gasteiger partial charge in [0, 0.05) is 19.1 Å². The summed E-state index contributed by atoms with van der Waals surface area (Å²) in [4.78, 5) is 11.5. The quantitative estimate of drug-likeness (QED) is 0.889. The highest BCUT2D eigenvalue weighted by Crippen LogP contribution is 2.25. The summed E-state index contributed by atoms with van der Waals surface area (Å²) in [5, 5.41) is 6.43. The van der Waals surface area contributed by atoms with E-state index >= 15 is 0 Å². The zero-order chi connectivity index (χ0) is 16.3. The van der Waals surface area contributed by atoms with Gasteiger partial charge in [-0.2, -0.15) is 4.31 Å². The van der Waals surface area contributed by atoms with Crippen molar-refractivity contribution >= 4 is 16.1 Å². The molecule has 0 spiro atoms. The van der Waals surface area contributed by atoms with Gasteiger partial charge in [-0.25, -0.2) is 13.2 Å². The third-order valence-electron chi connectivity index (χ3n) is 3.62. The first-order valence-corrected chi connectivity index (χ1v) is 8.66. The van der Waals surface area contributed by atoms with Gasteiger partial charge in [-0.1, -0.05) is 5.16 Å². The summed E-state index contributed by atoms with van der Waals surface area (Å²) < 4.78 is 36.4. The van der Waals surface area contributed by atoms with Crippen molar-refractivity contribution < 1.29 is 22.5 Å². The van der Waals surface area contributed by atoms with Crippen LogP contribution in [0.1, 0.15) is 31.2 Å². The van der Waals surface area contributed by atoms with E-state index in [4.69, 9.17) is 9.26 Å². The molecule has 9 heteroatoms. The lowest BCUT2D eigenvalue weighted by molar-refractivity contribution is 0.143. The number of hydrogen-bond acceptors (Lipinski definition) is 6. The van der Waals surface area contributed by atoms with Crippen molar-refractivity contribution in [1.82, 2.24) is 14.8 Å². The molecule has 0 radical (unpaired) electrons. The van der Waals surface area contributed by atoms with Crippen molar-refractivity contribution in [2.45, 2.75) is 44.6 Å². The molecule has 0 bridgehead atoms. The van der Waals surface area contributed by atoms with Crippen LogP contribution >= 0.6 is 0 Å². The Kier molecular flexibility index (Phi) is 5.07. The van der Waals surface area contributed by atoms with Gasteiger partial charge in [-0.05, 0) is 33.6 Å². The minimum absolute atomic E-state index is 0.0739. The van der Waals surface area contributed by atoms with Gasteiger partial charge in [-0.15, -0.1) is 0 Å². The van der Waals surface area contributed by atoms with Crippen LogP contribution in [0, 0.1) is 13.8 Å². The van der Waals surface area contributed by atoms with E-state index < -0.39 is 16.1 Å². The molecule has 1 aliphatic heterocycles. The highest BCUT2D eigenvalue weighted by Gasteiger charge is 2.34. The van der Waals surface area contributed by atoms with Crippen LogP contribution in [0.15, 0.2) is 9.42 Å². The van der Waals surface area contributed by atoms with Gasteiger partial charge in [0.15, 0.2) is 5.76 Å². The molecule has 0 aliphatic carbocycles. The van der Waals surface area contributed by atoms with Gasteiger partial charge in [0.2, 0.25) is 10.0 Å². The number of sulfonamides is 1. The van der Waals surface area contributed by atoms with Crippen LogP contribution in [0.2, 0.25) is 0 Å². The number of aromatic nitrogens is 1. The van der Waals surface area contributed by atoms with Crippen molar-refractivity contribution in [3.05, 3.63) is 11.5 Å². The van der Waals surface area contributed by atoms with E-state index in [1.807, 2.05) is 0 Å². The van der Waals surface area contributed by atoms with Gasteiger partial charge in [0.25, 0.3) is 0 Å². The van der Waals surface area contributed by atoms with E-state index in [0.29, 0.717) is 44.0 Å². The Hall–Kier alpha value is -1.61. The first-order chi connectivity index (χ1) is 10.4. The Balaban J connectivity index is 2.01. The number of carbonyl (C=O) groups excluding carboxylic acids is 1. The molecular formula is C13H21N3O5S. The van der Waals surface area contributed by atoms with Crippen LogP contribution in [0.4, 0.5) is 4.79 Å². The van der Waals surface area contributed by atoms with E-state index in [9.17, 15) is 13.2 Å². The zero-order valence-electron chi connectivity index (χ0n) is 13.0. The standard InChI is InChI=1S/C13H21N3O5S/c1-4-20-13(17)14-11-5-7-16(8-6-11)22(18,19)12-9(2)15-21-10(12)3/h11H,4-8H2,1-3H3,(H,14,17). The number of nitrogens with zero attached hydrogens (tertiary/aromatic N) is 2. The summed E-state index contributed by atoms with van der Waals surface area (Å²) in [5.41, 5.74) is 0.365. The Bertz CT molecular complexity index is 613. The van der Waals surface area contributed by atoms with E-state index in [1.54, 1.807) is 20.8 Å². The summed E-state index contributed by atoms with van der Waals surface area (Å²) in [7, 11) is -3.61. The predicted octanol–water partition coefficient (Wildman–Crippen LogP) is 1.19. The molecular weight excluding hydrogens is 310 g/mol. The maximum absolute atomic E-state index is 12.6. The van der Waals surface area contributed by atoms with Crippen molar-refractivity contribution in [3.63, 3.8) is 0 Å². The monoisotopic (exact) mass is 331 g/mol. The Morgan fingerprint density at radius 2 is 2.05 bits per heavy atom. The molecule has 8 nitrogen and oxygen atoms in total. The van der Waals surface area contributed by atoms with Crippen LogP contribution in [-0.2, 0) is 14.8 Å². The van der Waals surface area contributed by atoms with Crippen LogP contribution in [0.3, 0.4) is 0 Å². The Labute approximate surface area is 129 Å². The SMILES string of the molecule is CCOC(=O)NC1CCN(S(=O)(=O)c2c(C)noc2C)CC1. The minimum atomic E-state index is -3.61. The summed E-state index contributed by atoms with van der Waals surface area (Å²) in [5.74, 6) is 0.296. The van der Waals surface area contributed by atoms with Crippen LogP contribution in [0.25, 0.3) is 0 Å². The number of piperidine rings is 1. The number of hydrogen-bond donors (Lipinski definition) is 1. The van der Waals surface area contributed by atoms with E-state index in [-0.39, 0.29) is 10.9 Å². The highest BCUT2D eigenvalue weighted by atomic mass is 32.2. The molecule has 1 amide bonds. The molecule has 2 rings (SSSR count). The van der Waals surface area contributed by atoms with Gasteiger partial charge < -0.3 is 14.6 Å². The number of nitrogens with one attached hydrogen (secondary N) is 1. The predicted molar refractivity (Wildman–Crippen MR) is 77.9 cm³/mol. The second kappa shape index (κ2) is 6.66. The number of carbonyl (C=O) groups is 1. The summed E-state index contributed by atoms with van der Waals surface area (Å²) in [6.07, 6.45) is 0.623. The number of aryl methyl sites for hydroxylation is 2. The molecule has 22 heavy (non-hydrogen) atoms. The van der Waals surface area contributed by atoms with Crippen LogP contribution in [0.5, 0.6) is 0 Å². The first-order valence-electron chi connectivity index (χ1n) is 7.22. The van der Waals surface area contributed by atoms with E-state index in [1.165, 1.54) is 4.31 Å². The molecule has 0 saturated carbocycles. The van der Waals surface area contributed by atoms with Gasteiger partial charge in [0.05, 0.1) is 6.61 Å². The molecule has 1 fully saturated rings. The fourth-order valence-electron chi connectivity index (χ4n) is 2.55. The fraction of sp³-hybridized carbons (Fsp3) is 0.692. The molecule has 124 valence electrons. The molecule has 0 aromatic carbocycles. The second-order valence-corrected chi connectivity index (χ2v) is 7.07. The molecule has 1 saturated heterocycles. The Morgan fingerprint density at radius 1 is 1.41 bits per heavy atom. The summed E-state index contributed by atoms with van der Waals surface area (Å²) in [6, 6.07) is -0.0739. The summed E-state index contributed by atoms with van der Waals surface area (Å²) >= 11 is 0. The lowest BCUT2D eigenvalue weighted by atomic mass is 10.1. The maximum Gasteiger partial charge on any atom is 0.407 e. The summed E-state index contributed by atoms with van der Waals surface area (Å²) in [6.45, 7) is 5.91. The second-order valence-electron chi connectivity index (χ2n) is 5.20. The van der Waals surface area contributed by atoms with Crippen LogP contribution in [-0.4, -0.2) is 49.7 Å². The molecule has 1 aromatic heterocycles. The lowest BCUT2D eigenvalue weighted by Crippen LogP contribution is -2.46. The van der Waals surface area contributed by atoms with Crippen molar-refractivity contribution in [2.75, 3.05) is 19.7 Å². The topological polar surface area (TPSA) is 102 Å². The number of amides is 1. The van der Waals surface area contributed by atoms with Crippen molar-refractivity contribution in [1.29, 1.82) is 0 Å². The zero-order valence-corrected chi connectivity index (χ0v) is 13.8. The normalized spacial score (nSPS) is 17.4. The first kappa shape index (κ1) is 16.8. The molecule has 0 unspecified atom stereocenters. The number of rotatable bonds is 4. The molecule has 1 aliphatic rings. The molecule has 1 aromatic rings. The van der Waals surface area contributed by atoms with Gasteiger partial charge in [0.1, 0.15) is 10.6 Å².